The van der Waals surface area contributed by atoms with Gasteiger partial charge < -0.3 is 9.84 Å². The van der Waals surface area contributed by atoms with Crippen LogP contribution in [0.15, 0.2) is 24.5 Å². The Morgan fingerprint density at radius 1 is 1.67 bits per heavy atom. The lowest BCUT2D eigenvalue weighted by Gasteiger charge is -2.22. The fourth-order valence-electron chi connectivity index (χ4n) is 1.91. The van der Waals surface area contributed by atoms with Crippen LogP contribution in [0.1, 0.15) is 18.4 Å². The van der Waals surface area contributed by atoms with E-state index in [9.17, 15) is 9.90 Å². The summed E-state index contributed by atoms with van der Waals surface area (Å²) >= 11 is 0. The number of carbonyl (C=O) groups is 1. The van der Waals surface area contributed by atoms with Crippen molar-refractivity contribution in [3.63, 3.8) is 0 Å². The van der Waals surface area contributed by atoms with Crippen molar-refractivity contribution >= 4 is 5.97 Å². The Balaban J connectivity index is 2.18. The Labute approximate surface area is 87.9 Å². The smallest absolute Gasteiger partial charge is 0.336 e. The lowest BCUT2D eigenvalue weighted by Crippen LogP contribution is -2.40. The maximum Gasteiger partial charge on any atom is 0.336 e. The lowest BCUT2D eigenvalue weighted by atomic mass is 9.92. The van der Waals surface area contributed by atoms with Crippen LogP contribution < -0.4 is 0 Å². The minimum atomic E-state index is -1.02. The lowest BCUT2D eigenvalue weighted by molar-refractivity contribution is -0.159. The summed E-state index contributed by atoms with van der Waals surface area (Å²) in [5, 5.41) is 9.18. The highest BCUT2D eigenvalue weighted by molar-refractivity contribution is 5.78. The van der Waals surface area contributed by atoms with Crippen LogP contribution in [0.25, 0.3) is 0 Å². The van der Waals surface area contributed by atoms with E-state index in [2.05, 4.69) is 4.98 Å². The Bertz CT molecular complexity index is 344. The molecule has 2 heterocycles. The molecule has 1 aromatic heterocycles. The zero-order valence-corrected chi connectivity index (χ0v) is 8.35. The summed E-state index contributed by atoms with van der Waals surface area (Å²) in [7, 11) is 0. The molecule has 0 aliphatic carbocycles. The minimum absolute atomic E-state index is 0.399. The number of rotatable bonds is 3. The molecule has 0 aromatic carbocycles. The molecule has 1 atom stereocenters. The molecule has 4 heteroatoms. The van der Waals surface area contributed by atoms with E-state index in [1.54, 1.807) is 18.5 Å². The summed E-state index contributed by atoms with van der Waals surface area (Å²) in [4.78, 5) is 15.2. The van der Waals surface area contributed by atoms with Crippen LogP contribution in [0, 0.1) is 0 Å². The van der Waals surface area contributed by atoms with Gasteiger partial charge >= 0.3 is 5.97 Å². The fraction of sp³-hybridized carbons (Fsp3) is 0.455. The van der Waals surface area contributed by atoms with Gasteiger partial charge in [-0.05, 0) is 24.5 Å². The predicted octanol–water partition coefficient (Wildman–Crippen LogP) is 1.26. The molecule has 0 radical (unpaired) electrons. The largest absolute Gasteiger partial charge is 0.479 e. The van der Waals surface area contributed by atoms with Gasteiger partial charge in [-0.3, -0.25) is 4.98 Å². The molecule has 80 valence electrons. The summed E-state index contributed by atoms with van der Waals surface area (Å²) < 4.78 is 5.38. The molecular formula is C11H13NO3. The molecule has 2 rings (SSSR count). The van der Waals surface area contributed by atoms with Crippen LogP contribution in [0.3, 0.4) is 0 Å². The normalized spacial score (nSPS) is 25.3. The van der Waals surface area contributed by atoms with Crippen LogP contribution in [0.4, 0.5) is 0 Å². The maximum atomic E-state index is 11.2. The van der Waals surface area contributed by atoms with Gasteiger partial charge in [-0.2, -0.15) is 0 Å². The Kier molecular flexibility index (Phi) is 2.68. The van der Waals surface area contributed by atoms with Crippen molar-refractivity contribution in [3.05, 3.63) is 30.1 Å². The zero-order valence-electron chi connectivity index (χ0n) is 8.35. The number of hydrogen-bond donors (Lipinski definition) is 1. The van der Waals surface area contributed by atoms with E-state index in [1.807, 2.05) is 6.07 Å². The molecule has 15 heavy (non-hydrogen) atoms. The number of hydrogen-bond acceptors (Lipinski definition) is 3. The van der Waals surface area contributed by atoms with E-state index in [-0.39, 0.29) is 0 Å². The third kappa shape index (κ3) is 1.99. The van der Waals surface area contributed by atoms with Gasteiger partial charge in [0.2, 0.25) is 0 Å². The van der Waals surface area contributed by atoms with Gasteiger partial charge in [0.1, 0.15) is 0 Å². The third-order valence-corrected chi connectivity index (χ3v) is 2.71. The third-order valence-electron chi connectivity index (χ3n) is 2.71. The van der Waals surface area contributed by atoms with Gasteiger partial charge in [0.05, 0.1) is 0 Å². The van der Waals surface area contributed by atoms with Crippen molar-refractivity contribution in [1.82, 2.24) is 4.98 Å². The molecule has 1 unspecified atom stereocenters. The number of carboxylic acids is 1. The second-order valence-corrected chi connectivity index (χ2v) is 3.79. The minimum Gasteiger partial charge on any atom is -0.479 e. The fourth-order valence-corrected chi connectivity index (χ4v) is 1.91. The summed E-state index contributed by atoms with van der Waals surface area (Å²) in [5.41, 5.74) is -0.120. The van der Waals surface area contributed by atoms with Crippen molar-refractivity contribution in [2.24, 2.45) is 0 Å². The second kappa shape index (κ2) is 3.98. The van der Waals surface area contributed by atoms with Crippen LogP contribution in [-0.4, -0.2) is 28.3 Å². The van der Waals surface area contributed by atoms with Gasteiger partial charge in [0.25, 0.3) is 0 Å². The highest BCUT2D eigenvalue weighted by Gasteiger charge is 2.42. The van der Waals surface area contributed by atoms with Gasteiger partial charge in [-0.25, -0.2) is 4.79 Å². The number of ether oxygens (including phenoxy) is 1. The molecule has 1 aliphatic rings. The number of aliphatic carboxylic acids is 1. The molecule has 0 amide bonds. The second-order valence-electron chi connectivity index (χ2n) is 3.79. The van der Waals surface area contributed by atoms with E-state index in [4.69, 9.17) is 4.74 Å². The zero-order chi connectivity index (χ0) is 10.7. The monoisotopic (exact) mass is 207 g/mol. The highest BCUT2D eigenvalue weighted by Crippen LogP contribution is 2.29. The first-order chi connectivity index (χ1) is 7.23. The number of nitrogens with zero attached hydrogens (tertiary/aromatic N) is 1. The first-order valence-electron chi connectivity index (χ1n) is 4.99. The Hall–Kier alpha value is -1.42. The first-order valence-corrected chi connectivity index (χ1v) is 4.99. The molecule has 1 saturated heterocycles. The average Bonchev–Trinajstić information content (AvgIpc) is 2.69. The van der Waals surface area contributed by atoms with Crippen LogP contribution in [0.2, 0.25) is 0 Å². The molecule has 0 spiro atoms. The van der Waals surface area contributed by atoms with Crippen molar-refractivity contribution in [3.8, 4) is 0 Å². The SMILES string of the molecule is O=C(O)C1(Cc2cccnc2)CCCO1. The summed E-state index contributed by atoms with van der Waals surface area (Å²) in [6.45, 7) is 0.534. The summed E-state index contributed by atoms with van der Waals surface area (Å²) in [5.74, 6) is -0.871. The van der Waals surface area contributed by atoms with Crippen LogP contribution in [0.5, 0.6) is 0 Å². The molecule has 1 aromatic rings. The van der Waals surface area contributed by atoms with Crippen LogP contribution in [-0.2, 0) is 16.0 Å². The first kappa shape index (κ1) is 10.1. The van der Waals surface area contributed by atoms with Gasteiger partial charge in [0.15, 0.2) is 5.60 Å². The van der Waals surface area contributed by atoms with Crippen molar-refractivity contribution in [1.29, 1.82) is 0 Å². The van der Waals surface area contributed by atoms with E-state index >= 15 is 0 Å². The molecule has 0 bridgehead atoms. The number of pyridine rings is 1. The standard InChI is InChI=1S/C11H13NO3/c13-10(14)11(4-2-6-15-11)7-9-3-1-5-12-8-9/h1,3,5,8H,2,4,6-7H2,(H,13,14). The summed E-state index contributed by atoms with van der Waals surface area (Å²) in [6.07, 6.45) is 5.15. The van der Waals surface area contributed by atoms with Gasteiger partial charge in [-0.15, -0.1) is 0 Å². The topological polar surface area (TPSA) is 59.4 Å². The van der Waals surface area contributed by atoms with Crippen molar-refractivity contribution in [2.45, 2.75) is 24.9 Å². The molecule has 1 aliphatic heterocycles. The highest BCUT2D eigenvalue weighted by atomic mass is 16.5. The quantitative estimate of drug-likeness (QED) is 0.810. The molecule has 0 saturated carbocycles. The molecular weight excluding hydrogens is 194 g/mol. The Morgan fingerprint density at radius 2 is 2.53 bits per heavy atom. The number of aromatic nitrogens is 1. The molecule has 4 nitrogen and oxygen atoms in total. The van der Waals surface area contributed by atoms with E-state index in [0.29, 0.717) is 19.4 Å². The van der Waals surface area contributed by atoms with E-state index in [1.165, 1.54) is 0 Å². The van der Waals surface area contributed by atoms with Crippen molar-refractivity contribution < 1.29 is 14.6 Å². The van der Waals surface area contributed by atoms with Gasteiger partial charge in [-0.1, -0.05) is 6.07 Å². The molecule has 1 N–H and O–H groups in total. The summed E-state index contributed by atoms with van der Waals surface area (Å²) in [6, 6.07) is 3.68. The number of carboxylic acid groups (broad SMARTS) is 1. The predicted molar refractivity (Wildman–Crippen MR) is 53.5 cm³/mol. The van der Waals surface area contributed by atoms with E-state index in [0.717, 1.165) is 12.0 Å². The van der Waals surface area contributed by atoms with E-state index < -0.39 is 11.6 Å². The van der Waals surface area contributed by atoms with Crippen molar-refractivity contribution in [2.75, 3.05) is 6.61 Å². The van der Waals surface area contributed by atoms with Gasteiger partial charge in [0, 0.05) is 25.4 Å². The molecule has 1 fully saturated rings. The Morgan fingerprint density at radius 3 is 3.07 bits per heavy atom. The van der Waals surface area contributed by atoms with Crippen LogP contribution >= 0.6 is 0 Å². The average molecular weight is 207 g/mol. The maximum absolute atomic E-state index is 11.2.